The van der Waals surface area contributed by atoms with E-state index < -0.39 is 11.5 Å². The summed E-state index contributed by atoms with van der Waals surface area (Å²) in [6, 6.07) is 9.83. The van der Waals surface area contributed by atoms with E-state index in [0.717, 1.165) is 37.7 Å². The number of nitrogens with one attached hydrogen (secondary N) is 1. The number of Topliss-reactive ketones (excluding diaryl/α,β-unsaturated/α-hetero) is 1. The number of carbonyl (C=O) groups excluding carboxylic acids is 3. The largest absolute Gasteiger partial charge is 0.385 e. The van der Waals surface area contributed by atoms with Crippen LogP contribution in [-0.4, -0.2) is 45.2 Å². The van der Waals surface area contributed by atoms with Crippen molar-refractivity contribution in [1.82, 2.24) is 9.88 Å². The highest BCUT2D eigenvalue weighted by atomic mass is 32.1. The van der Waals surface area contributed by atoms with Gasteiger partial charge in [0.2, 0.25) is 11.8 Å². The Morgan fingerprint density at radius 2 is 1.97 bits per heavy atom. The molecule has 1 saturated heterocycles. The summed E-state index contributed by atoms with van der Waals surface area (Å²) in [5, 5.41) is 15.0. The maximum atomic E-state index is 13.8. The van der Waals surface area contributed by atoms with Gasteiger partial charge >= 0.3 is 0 Å². The first kappa shape index (κ1) is 24.1. The number of thiazole rings is 1. The van der Waals surface area contributed by atoms with Crippen molar-refractivity contribution in [3.8, 4) is 0 Å². The van der Waals surface area contributed by atoms with Crippen molar-refractivity contribution >= 4 is 34.1 Å². The molecule has 2 aliphatic carbocycles. The number of piperidine rings is 1. The van der Waals surface area contributed by atoms with Crippen LogP contribution in [0.3, 0.4) is 0 Å². The summed E-state index contributed by atoms with van der Waals surface area (Å²) in [5.74, 6) is -0.634. The van der Waals surface area contributed by atoms with E-state index in [1.807, 2.05) is 42.2 Å². The summed E-state index contributed by atoms with van der Waals surface area (Å²) >= 11 is 1.21. The van der Waals surface area contributed by atoms with E-state index in [1.54, 1.807) is 0 Å². The maximum Gasteiger partial charge on any atom is 0.226 e. The standard InChI is InChI=1S/C27H33N3O4S/c1-2-8-23(32)29-26-28-20-15-17(16-22(31)24(20)35-26)25(33)30-14-13-27(34,18-9-4-3-5-10-18)19-11-6-7-12-21(19)30/h3-5,9-10,17,19,21,34H,2,6-8,11-16H2,1H3,(H,28,29,32)/t17-,19+,21+,27-/m1/s1. The summed E-state index contributed by atoms with van der Waals surface area (Å²) in [4.78, 5) is 45.7. The quantitative estimate of drug-likeness (QED) is 0.644. The van der Waals surface area contributed by atoms with Gasteiger partial charge in [-0.15, -0.1) is 0 Å². The number of benzene rings is 1. The van der Waals surface area contributed by atoms with Crippen LogP contribution in [0.1, 0.15) is 79.2 Å². The van der Waals surface area contributed by atoms with Crippen LogP contribution in [0.25, 0.3) is 0 Å². The molecule has 4 atom stereocenters. The van der Waals surface area contributed by atoms with Gasteiger partial charge < -0.3 is 15.3 Å². The first-order valence-corrected chi connectivity index (χ1v) is 13.6. The lowest BCUT2D eigenvalue weighted by Crippen LogP contribution is -2.60. The molecule has 8 heteroatoms. The van der Waals surface area contributed by atoms with Gasteiger partial charge in [0.1, 0.15) is 0 Å². The highest BCUT2D eigenvalue weighted by Gasteiger charge is 2.51. The summed E-state index contributed by atoms with van der Waals surface area (Å²) in [5.41, 5.74) is 0.620. The Hall–Kier alpha value is -2.58. The first-order chi connectivity index (χ1) is 16.9. The second kappa shape index (κ2) is 9.82. The Morgan fingerprint density at radius 3 is 2.74 bits per heavy atom. The smallest absolute Gasteiger partial charge is 0.226 e. The van der Waals surface area contributed by atoms with Gasteiger partial charge in [0, 0.05) is 37.8 Å². The number of hydrogen-bond acceptors (Lipinski definition) is 6. The molecule has 0 spiro atoms. The third-order valence-corrected chi connectivity index (χ3v) is 8.98. The number of hydrogen-bond donors (Lipinski definition) is 2. The summed E-state index contributed by atoms with van der Waals surface area (Å²) in [7, 11) is 0. The van der Waals surface area contributed by atoms with E-state index in [4.69, 9.17) is 0 Å². The SMILES string of the molecule is CCCC(=O)Nc1nc2c(s1)C(=O)C[C@H](C(=O)N1CC[C@@](O)(c3ccccc3)[C@H]3CCCC[C@@H]31)C2. The molecule has 5 rings (SSSR count). The molecule has 3 aliphatic rings. The van der Waals surface area contributed by atoms with Crippen molar-refractivity contribution < 1.29 is 19.5 Å². The zero-order valence-corrected chi connectivity index (χ0v) is 21.0. The van der Waals surface area contributed by atoms with Crippen LogP contribution in [-0.2, 0) is 21.6 Å². The van der Waals surface area contributed by atoms with Gasteiger partial charge in [-0.25, -0.2) is 4.98 Å². The highest BCUT2D eigenvalue weighted by molar-refractivity contribution is 7.17. The Kier molecular flexibility index (Phi) is 6.77. The van der Waals surface area contributed by atoms with Crippen molar-refractivity contribution in [2.45, 2.75) is 76.4 Å². The van der Waals surface area contributed by atoms with Gasteiger partial charge in [-0.1, -0.05) is 61.4 Å². The predicted octanol–water partition coefficient (Wildman–Crippen LogP) is 4.31. The molecule has 0 bridgehead atoms. The lowest BCUT2D eigenvalue weighted by atomic mass is 9.66. The highest BCUT2D eigenvalue weighted by Crippen LogP contribution is 2.47. The fourth-order valence-corrected chi connectivity index (χ4v) is 7.20. The van der Waals surface area contributed by atoms with Gasteiger partial charge in [-0.3, -0.25) is 14.4 Å². The number of aromatic nitrogens is 1. The zero-order chi connectivity index (χ0) is 24.6. The number of aliphatic hydroxyl groups is 1. The molecule has 2 N–H and O–H groups in total. The van der Waals surface area contributed by atoms with Crippen molar-refractivity contribution in [3.63, 3.8) is 0 Å². The third kappa shape index (κ3) is 4.54. The van der Waals surface area contributed by atoms with E-state index in [0.29, 0.717) is 41.5 Å². The van der Waals surface area contributed by atoms with Crippen LogP contribution in [0.5, 0.6) is 0 Å². The molecule has 0 unspecified atom stereocenters. The number of amides is 2. The van der Waals surface area contributed by atoms with Crippen molar-refractivity contribution in [2.24, 2.45) is 11.8 Å². The number of rotatable bonds is 5. The minimum atomic E-state index is -0.931. The lowest BCUT2D eigenvalue weighted by Gasteiger charge is -2.53. The number of likely N-dealkylation sites (tertiary alicyclic amines) is 1. The lowest BCUT2D eigenvalue weighted by molar-refractivity contribution is -0.158. The molecule has 1 saturated carbocycles. The van der Waals surface area contributed by atoms with E-state index in [9.17, 15) is 19.5 Å². The van der Waals surface area contributed by atoms with Crippen molar-refractivity contribution in [1.29, 1.82) is 0 Å². The van der Waals surface area contributed by atoms with Gasteiger partial charge in [0.05, 0.1) is 22.1 Å². The average molecular weight is 496 g/mol. The average Bonchev–Trinajstić information content (AvgIpc) is 3.27. The number of nitrogens with zero attached hydrogens (tertiary/aromatic N) is 2. The molecule has 1 aliphatic heterocycles. The first-order valence-electron chi connectivity index (χ1n) is 12.8. The third-order valence-electron chi connectivity index (χ3n) is 7.93. The number of carbonyl (C=O) groups is 3. The van der Waals surface area contributed by atoms with Crippen molar-refractivity contribution in [2.75, 3.05) is 11.9 Å². The maximum absolute atomic E-state index is 13.8. The Labute approximate surface area is 209 Å². The minimum absolute atomic E-state index is 0.000537. The van der Waals surface area contributed by atoms with E-state index >= 15 is 0 Å². The fraction of sp³-hybridized carbons (Fsp3) is 0.556. The van der Waals surface area contributed by atoms with E-state index in [-0.39, 0.29) is 36.0 Å². The second-order valence-electron chi connectivity index (χ2n) is 10.2. The van der Waals surface area contributed by atoms with Crippen LogP contribution >= 0.6 is 11.3 Å². The molecule has 1 aromatic heterocycles. The van der Waals surface area contributed by atoms with Crippen LogP contribution < -0.4 is 5.32 Å². The Morgan fingerprint density at radius 1 is 1.20 bits per heavy atom. The van der Waals surface area contributed by atoms with Crippen LogP contribution in [0.2, 0.25) is 0 Å². The second-order valence-corrected chi connectivity index (χ2v) is 11.2. The number of ketones is 1. The van der Waals surface area contributed by atoms with Gasteiger partial charge in [-0.05, 0) is 31.2 Å². The molecule has 0 radical (unpaired) electrons. The molecule has 7 nitrogen and oxygen atoms in total. The molecule has 2 fully saturated rings. The molecule has 2 heterocycles. The van der Waals surface area contributed by atoms with Crippen LogP contribution in [0.15, 0.2) is 30.3 Å². The monoisotopic (exact) mass is 495 g/mol. The fourth-order valence-electron chi connectivity index (χ4n) is 6.24. The summed E-state index contributed by atoms with van der Waals surface area (Å²) in [6.45, 7) is 2.42. The summed E-state index contributed by atoms with van der Waals surface area (Å²) < 4.78 is 0. The van der Waals surface area contributed by atoms with E-state index in [1.165, 1.54) is 11.3 Å². The molecule has 1 aromatic carbocycles. The van der Waals surface area contributed by atoms with E-state index in [2.05, 4.69) is 10.3 Å². The molecule has 186 valence electrons. The Balaban J connectivity index is 1.34. The molecular formula is C27H33N3O4S. The molecule has 35 heavy (non-hydrogen) atoms. The Bertz CT molecular complexity index is 1120. The van der Waals surface area contributed by atoms with Gasteiger partial charge in [0.15, 0.2) is 10.9 Å². The number of anilines is 1. The molecule has 2 amide bonds. The van der Waals surface area contributed by atoms with Crippen molar-refractivity contribution in [3.05, 3.63) is 46.5 Å². The summed E-state index contributed by atoms with van der Waals surface area (Å²) in [6.07, 6.45) is 6.09. The zero-order valence-electron chi connectivity index (χ0n) is 20.2. The minimum Gasteiger partial charge on any atom is -0.385 e. The van der Waals surface area contributed by atoms with Crippen LogP contribution in [0, 0.1) is 11.8 Å². The predicted molar refractivity (Wildman–Crippen MR) is 134 cm³/mol. The van der Waals surface area contributed by atoms with Gasteiger partial charge in [0.25, 0.3) is 0 Å². The molecule has 2 aromatic rings. The number of fused-ring (bicyclic) bond motifs is 2. The normalized spacial score (nSPS) is 28.2. The molecular weight excluding hydrogens is 462 g/mol. The van der Waals surface area contributed by atoms with Crippen LogP contribution in [0.4, 0.5) is 5.13 Å². The van der Waals surface area contributed by atoms with Gasteiger partial charge in [-0.2, -0.15) is 0 Å². The topological polar surface area (TPSA) is 99.6 Å².